The molecule has 0 radical (unpaired) electrons. The van der Waals surface area contributed by atoms with Gasteiger partial charge in [0.1, 0.15) is 4.88 Å². The molecule has 0 aliphatic heterocycles. The average Bonchev–Trinajstić information content (AvgIpc) is 2.78. The van der Waals surface area contributed by atoms with Gasteiger partial charge in [0.2, 0.25) is 0 Å². The van der Waals surface area contributed by atoms with Crippen LogP contribution in [0.25, 0.3) is 0 Å². The number of hydrogen-bond donors (Lipinski definition) is 2. The fourth-order valence-electron chi connectivity index (χ4n) is 1.33. The van der Waals surface area contributed by atoms with E-state index in [4.69, 9.17) is 0 Å². The van der Waals surface area contributed by atoms with Crippen molar-refractivity contribution in [3.05, 3.63) is 45.4 Å². The molecule has 1 aromatic carbocycles. The molecule has 6 nitrogen and oxygen atoms in total. The lowest BCUT2D eigenvalue weighted by Crippen LogP contribution is -2.41. The Hall–Kier alpha value is -1.29. The van der Waals surface area contributed by atoms with E-state index < -0.39 is 15.9 Å². The normalized spacial score (nSPS) is 11.3. The van der Waals surface area contributed by atoms with Gasteiger partial charge >= 0.3 is 0 Å². The number of aromatic nitrogens is 1. The van der Waals surface area contributed by atoms with Crippen LogP contribution in [0.4, 0.5) is 0 Å². The first-order chi connectivity index (χ1) is 9.42. The summed E-state index contributed by atoms with van der Waals surface area (Å²) in [5, 5.41) is 0. The highest BCUT2D eigenvalue weighted by Gasteiger charge is 2.19. The third kappa shape index (κ3) is 3.23. The molecule has 0 unspecified atom stereocenters. The van der Waals surface area contributed by atoms with Gasteiger partial charge in [0.15, 0.2) is 0 Å². The third-order valence-corrected chi connectivity index (χ3v) is 5.78. The summed E-state index contributed by atoms with van der Waals surface area (Å²) in [6, 6.07) is 7.76. The zero-order valence-electron chi connectivity index (χ0n) is 10.3. The summed E-state index contributed by atoms with van der Waals surface area (Å²) in [6.07, 6.45) is 0. The second-order valence-corrected chi connectivity index (χ2v) is 7.03. The van der Waals surface area contributed by atoms with Crippen molar-refractivity contribution in [3.63, 3.8) is 0 Å². The van der Waals surface area contributed by atoms with Crippen LogP contribution in [0, 0.1) is 6.92 Å². The minimum Gasteiger partial charge on any atom is -0.273 e. The molecule has 0 aliphatic carbocycles. The van der Waals surface area contributed by atoms with Gasteiger partial charge in [0.05, 0.1) is 15.1 Å². The number of nitrogens with zero attached hydrogens (tertiary/aromatic N) is 1. The van der Waals surface area contributed by atoms with Crippen molar-refractivity contribution in [2.24, 2.45) is 0 Å². The molecule has 1 amide bonds. The van der Waals surface area contributed by atoms with Crippen LogP contribution in [0.1, 0.15) is 15.4 Å². The highest BCUT2D eigenvalue weighted by molar-refractivity contribution is 9.10. The van der Waals surface area contributed by atoms with Gasteiger partial charge in [-0.3, -0.25) is 10.2 Å². The molecule has 2 rings (SSSR count). The smallest absolute Gasteiger partial charge is 0.273 e. The maximum atomic E-state index is 11.9. The van der Waals surface area contributed by atoms with E-state index in [-0.39, 0.29) is 4.90 Å². The van der Waals surface area contributed by atoms with Crippen molar-refractivity contribution in [2.75, 3.05) is 0 Å². The number of nitrogens with one attached hydrogen (secondary N) is 2. The van der Waals surface area contributed by atoms with E-state index in [2.05, 4.69) is 25.7 Å². The first-order valence-corrected chi connectivity index (χ1v) is 8.46. The van der Waals surface area contributed by atoms with E-state index in [1.165, 1.54) is 12.1 Å². The minimum atomic E-state index is -3.78. The summed E-state index contributed by atoms with van der Waals surface area (Å²) in [6.45, 7) is 1.74. The molecule has 2 aromatic rings. The molecule has 0 spiro atoms. The molecule has 0 aliphatic rings. The van der Waals surface area contributed by atoms with Crippen LogP contribution in [0.3, 0.4) is 0 Å². The number of amides is 1. The lowest BCUT2D eigenvalue weighted by Gasteiger charge is -2.07. The van der Waals surface area contributed by atoms with Crippen LogP contribution in [0.15, 0.2) is 39.7 Å². The number of aryl methyl sites for hydroxylation is 1. The predicted molar refractivity (Wildman–Crippen MR) is 78.8 cm³/mol. The topological polar surface area (TPSA) is 88.2 Å². The van der Waals surface area contributed by atoms with E-state index >= 15 is 0 Å². The van der Waals surface area contributed by atoms with Crippen molar-refractivity contribution in [1.29, 1.82) is 0 Å². The molecule has 0 saturated heterocycles. The summed E-state index contributed by atoms with van der Waals surface area (Å²) < 4.78 is 28.4. The van der Waals surface area contributed by atoms with E-state index in [1.54, 1.807) is 25.1 Å². The van der Waals surface area contributed by atoms with Gasteiger partial charge in [-0.05, 0) is 46.5 Å². The van der Waals surface area contributed by atoms with Gasteiger partial charge in [-0.15, -0.1) is 4.83 Å². The van der Waals surface area contributed by atoms with Gasteiger partial charge in [0, 0.05) is 0 Å². The number of rotatable bonds is 4. The molecule has 1 heterocycles. The third-order valence-electron chi connectivity index (χ3n) is 2.35. The Morgan fingerprint density at radius 1 is 1.30 bits per heavy atom. The first kappa shape index (κ1) is 15.1. The molecular weight excluding hydrogens is 366 g/mol. The molecule has 0 fully saturated rings. The van der Waals surface area contributed by atoms with Crippen LogP contribution < -0.4 is 10.3 Å². The summed E-state index contributed by atoms with van der Waals surface area (Å²) in [7, 11) is -3.78. The zero-order chi connectivity index (χ0) is 14.8. The van der Waals surface area contributed by atoms with Gasteiger partial charge in [-0.1, -0.05) is 18.2 Å². The maximum absolute atomic E-state index is 11.9. The Labute approximate surface area is 128 Å². The Balaban J connectivity index is 2.09. The lowest BCUT2D eigenvalue weighted by molar-refractivity contribution is 0.0948. The van der Waals surface area contributed by atoms with Crippen molar-refractivity contribution in [3.8, 4) is 0 Å². The molecule has 20 heavy (non-hydrogen) atoms. The number of hydrogen-bond acceptors (Lipinski definition) is 5. The van der Waals surface area contributed by atoms with E-state index in [1.807, 2.05) is 4.83 Å². The molecule has 106 valence electrons. The van der Waals surface area contributed by atoms with Crippen LogP contribution in [0.2, 0.25) is 0 Å². The molecule has 2 N–H and O–H groups in total. The molecule has 0 saturated carbocycles. The number of carbonyl (C=O) groups excluding carboxylic acids is 1. The first-order valence-electron chi connectivity index (χ1n) is 5.41. The quantitative estimate of drug-likeness (QED) is 0.797. The molecule has 1 aromatic heterocycles. The number of carbonyl (C=O) groups is 1. The van der Waals surface area contributed by atoms with E-state index in [9.17, 15) is 13.2 Å². The standard InChI is InChI=1S/C11H10BrN3O3S2/c1-7-9(12)10(19-14-7)11(16)13-15-20(17,18)8-5-3-2-4-6-8/h2-6,15H,1H3,(H,13,16). The number of hydrazine groups is 1. The second-order valence-electron chi connectivity index (χ2n) is 3.78. The van der Waals surface area contributed by atoms with Crippen molar-refractivity contribution >= 4 is 43.4 Å². The SMILES string of the molecule is Cc1nsc(C(=O)NNS(=O)(=O)c2ccccc2)c1Br. The molecule has 0 atom stereocenters. The van der Waals surface area contributed by atoms with Crippen LogP contribution in [0.5, 0.6) is 0 Å². The highest BCUT2D eigenvalue weighted by atomic mass is 79.9. The van der Waals surface area contributed by atoms with Crippen LogP contribution in [-0.4, -0.2) is 18.7 Å². The second kappa shape index (κ2) is 6.00. The zero-order valence-corrected chi connectivity index (χ0v) is 13.5. The van der Waals surface area contributed by atoms with Gasteiger partial charge < -0.3 is 0 Å². The minimum absolute atomic E-state index is 0.0693. The summed E-state index contributed by atoms with van der Waals surface area (Å²) in [5.41, 5.74) is 2.83. The van der Waals surface area contributed by atoms with Gasteiger partial charge in [-0.25, -0.2) is 8.42 Å². The predicted octanol–water partition coefficient (Wildman–Crippen LogP) is 1.84. The molecule has 0 bridgehead atoms. The van der Waals surface area contributed by atoms with E-state index in [0.29, 0.717) is 15.0 Å². The van der Waals surface area contributed by atoms with Crippen LogP contribution in [-0.2, 0) is 10.0 Å². The molecule has 9 heteroatoms. The largest absolute Gasteiger partial charge is 0.279 e. The fourth-order valence-corrected chi connectivity index (χ4v) is 3.47. The number of sulfonamides is 1. The monoisotopic (exact) mass is 375 g/mol. The summed E-state index contributed by atoms with van der Waals surface area (Å²) in [5.74, 6) is -0.568. The van der Waals surface area contributed by atoms with Gasteiger partial charge in [0.25, 0.3) is 15.9 Å². The Morgan fingerprint density at radius 3 is 2.50 bits per heavy atom. The lowest BCUT2D eigenvalue weighted by atomic mass is 10.4. The Kier molecular flexibility index (Phi) is 4.53. The van der Waals surface area contributed by atoms with Crippen molar-refractivity contribution < 1.29 is 13.2 Å². The van der Waals surface area contributed by atoms with Crippen molar-refractivity contribution in [2.45, 2.75) is 11.8 Å². The number of benzene rings is 1. The Morgan fingerprint density at radius 2 is 1.95 bits per heavy atom. The number of halogens is 1. The van der Waals surface area contributed by atoms with Crippen molar-refractivity contribution in [1.82, 2.24) is 14.6 Å². The average molecular weight is 376 g/mol. The highest BCUT2D eigenvalue weighted by Crippen LogP contribution is 2.24. The summed E-state index contributed by atoms with van der Waals surface area (Å²) in [4.78, 5) is 14.3. The fraction of sp³-hybridized carbons (Fsp3) is 0.0909. The Bertz CT molecular complexity index is 729. The van der Waals surface area contributed by atoms with E-state index in [0.717, 1.165) is 11.5 Å². The molecular formula is C11H10BrN3O3S2. The summed E-state index contributed by atoms with van der Waals surface area (Å²) >= 11 is 4.21. The maximum Gasteiger partial charge on any atom is 0.279 e. The van der Waals surface area contributed by atoms with Crippen LogP contribution >= 0.6 is 27.5 Å². The van der Waals surface area contributed by atoms with Gasteiger partial charge in [-0.2, -0.15) is 4.37 Å².